The average molecular weight is 595 g/mol. The van der Waals surface area contributed by atoms with Crippen molar-refractivity contribution in [1.82, 2.24) is 0 Å². The van der Waals surface area contributed by atoms with Crippen molar-refractivity contribution in [1.29, 1.82) is 0 Å². The topological polar surface area (TPSA) is 88.1 Å². The van der Waals surface area contributed by atoms with E-state index in [9.17, 15) is 14.4 Å². The third kappa shape index (κ3) is 11.5. The Balaban J connectivity index is 2.47. The highest BCUT2D eigenvalue weighted by Crippen LogP contribution is 2.32. The molecule has 0 spiro atoms. The van der Waals surface area contributed by atoms with Gasteiger partial charge in [0.2, 0.25) is 0 Å². The lowest BCUT2D eigenvalue weighted by molar-refractivity contribution is -0.00289. The summed E-state index contributed by atoms with van der Waals surface area (Å²) in [4.78, 5) is 39.8. The molecular formula is C36H50O7. The first-order chi connectivity index (χ1) is 20.2. The molecular weight excluding hydrogens is 544 g/mol. The van der Waals surface area contributed by atoms with E-state index in [0.29, 0.717) is 36.3 Å². The van der Waals surface area contributed by atoms with Crippen LogP contribution in [-0.4, -0.2) is 41.6 Å². The largest absolute Gasteiger partial charge is 0.494 e. The molecule has 236 valence electrons. The van der Waals surface area contributed by atoms with Gasteiger partial charge in [-0.3, -0.25) is 4.79 Å². The van der Waals surface area contributed by atoms with Gasteiger partial charge in [0.05, 0.1) is 18.3 Å². The molecule has 7 nitrogen and oxygen atoms in total. The highest BCUT2D eigenvalue weighted by molar-refractivity contribution is 6.07. The summed E-state index contributed by atoms with van der Waals surface area (Å²) >= 11 is 0. The third-order valence-electron chi connectivity index (χ3n) is 7.19. The maximum atomic E-state index is 13.5. The molecule has 43 heavy (non-hydrogen) atoms. The van der Waals surface area contributed by atoms with Gasteiger partial charge in [0.15, 0.2) is 5.78 Å². The van der Waals surface area contributed by atoms with Gasteiger partial charge >= 0.3 is 11.9 Å². The smallest absolute Gasteiger partial charge is 0.342 e. The lowest BCUT2D eigenvalue weighted by atomic mass is 10.0. The summed E-state index contributed by atoms with van der Waals surface area (Å²) in [5.74, 6) is -0.518. The summed E-state index contributed by atoms with van der Waals surface area (Å²) in [6, 6.07) is 10.0. The van der Waals surface area contributed by atoms with E-state index < -0.39 is 23.1 Å². The first-order valence-electron chi connectivity index (χ1n) is 15.5. The lowest BCUT2D eigenvalue weighted by Crippen LogP contribution is -2.29. The van der Waals surface area contributed by atoms with Gasteiger partial charge in [-0.25, -0.2) is 9.59 Å². The van der Waals surface area contributed by atoms with Crippen molar-refractivity contribution in [3.63, 3.8) is 0 Å². The Hall–Kier alpha value is -3.61. The highest BCUT2D eigenvalue weighted by Gasteiger charge is 2.29. The molecule has 0 unspecified atom stereocenters. The number of carbonyl (C=O) groups excluding carboxylic acids is 3. The standard InChI is InChI=1S/C36H50O7/c1-10-13-14-15-22-40-29-19-16-26(17-20-29)31(37)21-18-27-23-28(33(38)42-35(6,7)11-2)24-30(32(27)41-25(4)5)34(39)43-36(8,9)12-3/h16-21,23-25H,10-15,22H2,1-9H3/b21-18+. The van der Waals surface area contributed by atoms with Crippen LogP contribution >= 0.6 is 0 Å². The van der Waals surface area contributed by atoms with E-state index in [-0.39, 0.29) is 28.8 Å². The molecule has 2 aromatic carbocycles. The first kappa shape index (κ1) is 35.6. The summed E-state index contributed by atoms with van der Waals surface area (Å²) in [6.07, 6.45) is 8.35. The molecule has 0 N–H and O–H groups in total. The Morgan fingerprint density at radius 3 is 1.95 bits per heavy atom. The van der Waals surface area contributed by atoms with Crippen molar-refractivity contribution < 1.29 is 33.3 Å². The molecule has 0 saturated carbocycles. The van der Waals surface area contributed by atoms with E-state index in [1.54, 1.807) is 36.4 Å². The number of hydrogen-bond donors (Lipinski definition) is 0. The molecule has 0 radical (unpaired) electrons. The number of allylic oxidation sites excluding steroid dienone is 1. The average Bonchev–Trinajstić information content (AvgIpc) is 2.95. The normalized spacial score (nSPS) is 12.0. The summed E-state index contributed by atoms with van der Waals surface area (Å²) in [5, 5.41) is 0. The Labute approximate surface area is 257 Å². The molecule has 2 rings (SSSR count). The van der Waals surface area contributed by atoms with Crippen molar-refractivity contribution >= 4 is 23.8 Å². The quantitative estimate of drug-likeness (QED) is 0.0781. The van der Waals surface area contributed by atoms with Gasteiger partial charge in [0, 0.05) is 11.1 Å². The van der Waals surface area contributed by atoms with E-state index in [2.05, 4.69) is 6.92 Å². The molecule has 0 aliphatic heterocycles. The van der Waals surface area contributed by atoms with Gasteiger partial charge in [-0.05, 0) is 109 Å². The fourth-order valence-corrected chi connectivity index (χ4v) is 3.87. The van der Waals surface area contributed by atoms with Crippen molar-refractivity contribution in [2.45, 2.75) is 118 Å². The lowest BCUT2D eigenvalue weighted by Gasteiger charge is -2.26. The number of ketones is 1. The summed E-state index contributed by atoms with van der Waals surface area (Å²) < 4.78 is 23.4. The predicted octanol–water partition coefficient (Wildman–Crippen LogP) is 9.02. The van der Waals surface area contributed by atoms with Crippen LogP contribution in [0, 0.1) is 0 Å². The van der Waals surface area contributed by atoms with Crippen molar-refractivity contribution in [3.8, 4) is 11.5 Å². The summed E-state index contributed by atoms with van der Waals surface area (Å²) in [7, 11) is 0. The second kappa shape index (κ2) is 16.3. The Morgan fingerprint density at radius 2 is 1.40 bits per heavy atom. The van der Waals surface area contributed by atoms with Gasteiger partial charge in [-0.1, -0.05) is 40.0 Å². The zero-order chi connectivity index (χ0) is 32.2. The Morgan fingerprint density at radius 1 is 0.791 bits per heavy atom. The molecule has 2 aromatic rings. The van der Waals surface area contributed by atoms with Crippen LogP contribution in [0.15, 0.2) is 42.5 Å². The molecule has 0 fully saturated rings. The molecule has 0 amide bonds. The first-order valence-corrected chi connectivity index (χ1v) is 15.5. The van der Waals surface area contributed by atoms with E-state index in [4.69, 9.17) is 18.9 Å². The highest BCUT2D eigenvalue weighted by atomic mass is 16.6. The van der Waals surface area contributed by atoms with Crippen LogP contribution in [0.5, 0.6) is 11.5 Å². The minimum atomic E-state index is -0.732. The molecule has 0 aliphatic rings. The Kier molecular flexibility index (Phi) is 13.5. The monoisotopic (exact) mass is 594 g/mol. The van der Waals surface area contributed by atoms with Crippen LogP contribution in [0.4, 0.5) is 0 Å². The van der Waals surface area contributed by atoms with Crippen LogP contribution in [0.25, 0.3) is 6.08 Å². The molecule has 0 aromatic heterocycles. The zero-order valence-corrected chi connectivity index (χ0v) is 27.5. The van der Waals surface area contributed by atoms with Crippen LogP contribution in [-0.2, 0) is 9.47 Å². The number of hydrogen-bond acceptors (Lipinski definition) is 7. The molecule has 0 aliphatic carbocycles. The van der Waals surface area contributed by atoms with E-state index in [1.807, 2.05) is 55.4 Å². The van der Waals surface area contributed by atoms with Gasteiger partial charge in [0.1, 0.15) is 28.3 Å². The van der Waals surface area contributed by atoms with E-state index in [0.717, 1.165) is 12.8 Å². The van der Waals surface area contributed by atoms with Crippen LogP contribution in [0.2, 0.25) is 0 Å². The number of ether oxygens (including phenoxy) is 4. The van der Waals surface area contributed by atoms with Crippen molar-refractivity contribution in [2.24, 2.45) is 0 Å². The predicted molar refractivity (Wildman–Crippen MR) is 171 cm³/mol. The van der Waals surface area contributed by atoms with Gasteiger partial charge < -0.3 is 18.9 Å². The molecule has 0 atom stereocenters. The zero-order valence-electron chi connectivity index (χ0n) is 27.5. The summed E-state index contributed by atoms with van der Waals surface area (Å²) in [5.41, 5.74) is -0.320. The maximum absolute atomic E-state index is 13.5. The SMILES string of the molecule is CCCCCCOc1ccc(C(=O)/C=C/c2cc(C(=O)OC(C)(C)CC)cc(C(=O)OC(C)(C)CC)c2OC(C)C)cc1. The maximum Gasteiger partial charge on any atom is 0.342 e. The molecule has 0 bridgehead atoms. The van der Waals surface area contributed by atoms with Gasteiger partial charge in [-0.15, -0.1) is 0 Å². The van der Waals surface area contributed by atoms with Crippen molar-refractivity contribution in [3.05, 3.63) is 64.7 Å². The summed E-state index contributed by atoms with van der Waals surface area (Å²) in [6.45, 7) is 17.6. The second-order valence-electron chi connectivity index (χ2n) is 12.2. The molecule has 0 saturated heterocycles. The second-order valence-corrected chi connectivity index (χ2v) is 12.2. The van der Waals surface area contributed by atoms with E-state index in [1.165, 1.54) is 25.0 Å². The van der Waals surface area contributed by atoms with Crippen molar-refractivity contribution in [2.75, 3.05) is 6.61 Å². The molecule has 0 heterocycles. The van der Waals surface area contributed by atoms with Crippen LogP contribution < -0.4 is 9.47 Å². The Bertz CT molecular complexity index is 1250. The fourth-order valence-electron chi connectivity index (χ4n) is 3.87. The number of unbranched alkanes of at least 4 members (excludes halogenated alkanes) is 3. The number of rotatable bonds is 17. The fraction of sp³-hybridized carbons (Fsp3) is 0.528. The number of esters is 2. The number of carbonyl (C=O) groups is 3. The van der Waals surface area contributed by atoms with Crippen LogP contribution in [0.3, 0.4) is 0 Å². The minimum absolute atomic E-state index is 0.0894. The molecule has 7 heteroatoms. The minimum Gasteiger partial charge on any atom is -0.494 e. The van der Waals surface area contributed by atoms with E-state index >= 15 is 0 Å². The van der Waals surface area contributed by atoms with Gasteiger partial charge in [-0.2, -0.15) is 0 Å². The third-order valence-corrected chi connectivity index (χ3v) is 7.19. The van der Waals surface area contributed by atoms with Gasteiger partial charge in [0.25, 0.3) is 0 Å². The van der Waals surface area contributed by atoms with Crippen LogP contribution in [0.1, 0.15) is 137 Å². The number of benzene rings is 2.